The Hall–Kier alpha value is -2.24. The third kappa shape index (κ3) is 5.11. The van der Waals surface area contributed by atoms with Crippen LogP contribution in [0.15, 0.2) is 53.9 Å². The molecule has 130 valence electrons. The normalized spacial score (nSPS) is 10.6. The number of hydrogen-bond donors (Lipinski definition) is 1. The molecule has 0 fully saturated rings. The minimum atomic E-state index is 0.559. The van der Waals surface area contributed by atoms with Crippen molar-refractivity contribution in [2.24, 2.45) is 0 Å². The fraction of sp³-hybridized carbons (Fsp3) is 0.211. The molecule has 0 aliphatic heterocycles. The van der Waals surface area contributed by atoms with Crippen molar-refractivity contribution < 1.29 is 9.47 Å². The molecule has 0 unspecified atom stereocenters. The van der Waals surface area contributed by atoms with Crippen molar-refractivity contribution >= 4 is 28.1 Å². The van der Waals surface area contributed by atoms with Gasteiger partial charge in [-0.2, -0.15) is 0 Å². The molecule has 0 spiro atoms. The van der Waals surface area contributed by atoms with Crippen LogP contribution in [-0.2, 0) is 0 Å². The van der Waals surface area contributed by atoms with Crippen molar-refractivity contribution in [1.82, 2.24) is 4.98 Å². The molecule has 1 aromatic heterocycles. The summed E-state index contributed by atoms with van der Waals surface area (Å²) >= 11 is 7.28. The lowest BCUT2D eigenvalue weighted by Gasteiger charge is -2.10. The zero-order valence-corrected chi connectivity index (χ0v) is 15.2. The summed E-state index contributed by atoms with van der Waals surface area (Å²) in [6, 6.07) is 15.3. The monoisotopic (exact) mass is 374 g/mol. The average molecular weight is 375 g/mol. The Labute approximate surface area is 156 Å². The molecular weight excluding hydrogens is 356 g/mol. The van der Waals surface area contributed by atoms with Crippen LogP contribution in [0.3, 0.4) is 0 Å². The van der Waals surface area contributed by atoms with E-state index in [0.717, 1.165) is 35.6 Å². The van der Waals surface area contributed by atoms with Gasteiger partial charge in [-0.15, -0.1) is 11.3 Å². The van der Waals surface area contributed by atoms with Gasteiger partial charge in [-0.1, -0.05) is 23.7 Å². The number of rotatable bonds is 8. The number of para-hydroxylation sites is 1. The quantitative estimate of drug-likeness (QED) is 0.544. The number of halogens is 1. The first-order valence-electron chi connectivity index (χ1n) is 8.04. The number of nitrogens with zero attached hydrogens (tertiary/aromatic N) is 1. The van der Waals surface area contributed by atoms with E-state index >= 15 is 0 Å². The van der Waals surface area contributed by atoms with E-state index in [1.807, 2.05) is 53.9 Å². The maximum absolute atomic E-state index is 5.92. The summed E-state index contributed by atoms with van der Waals surface area (Å²) in [7, 11) is 0. The maximum Gasteiger partial charge on any atom is 0.180 e. The van der Waals surface area contributed by atoms with Crippen LogP contribution in [-0.4, -0.2) is 18.2 Å². The molecule has 1 heterocycles. The zero-order chi connectivity index (χ0) is 17.5. The Morgan fingerprint density at radius 1 is 0.960 bits per heavy atom. The number of thiazole rings is 1. The molecule has 4 nitrogen and oxygen atoms in total. The van der Waals surface area contributed by atoms with E-state index in [-0.39, 0.29) is 0 Å². The molecule has 2 aromatic carbocycles. The third-order valence-electron chi connectivity index (χ3n) is 3.56. The summed E-state index contributed by atoms with van der Waals surface area (Å²) in [5.41, 5.74) is 7.54. The molecule has 0 amide bonds. The molecule has 0 saturated carbocycles. The summed E-state index contributed by atoms with van der Waals surface area (Å²) in [6.45, 7) is 1.27. The highest BCUT2D eigenvalue weighted by Crippen LogP contribution is 2.31. The number of ether oxygens (including phenoxy) is 2. The van der Waals surface area contributed by atoms with Gasteiger partial charge in [-0.05, 0) is 49.2 Å². The van der Waals surface area contributed by atoms with E-state index in [9.17, 15) is 0 Å². The lowest BCUT2D eigenvalue weighted by Crippen LogP contribution is -2.03. The third-order valence-corrected chi connectivity index (χ3v) is 4.49. The minimum absolute atomic E-state index is 0.559. The summed E-state index contributed by atoms with van der Waals surface area (Å²) in [5, 5.41) is 3.21. The molecule has 25 heavy (non-hydrogen) atoms. The number of nitrogen functional groups attached to an aromatic ring is 1. The molecular formula is C19H19ClN2O2S. The zero-order valence-electron chi connectivity index (χ0n) is 13.7. The van der Waals surface area contributed by atoms with Gasteiger partial charge in [0.25, 0.3) is 0 Å². The van der Waals surface area contributed by atoms with Crippen molar-refractivity contribution in [1.29, 1.82) is 0 Å². The molecule has 3 rings (SSSR count). The van der Waals surface area contributed by atoms with Gasteiger partial charge in [-0.25, -0.2) is 4.98 Å². The number of nitrogens with two attached hydrogens (primary N) is 1. The van der Waals surface area contributed by atoms with E-state index < -0.39 is 0 Å². The van der Waals surface area contributed by atoms with Gasteiger partial charge >= 0.3 is 0 Å². The molecule has 0 saturated heterocycles. The highest BCUT2D eigenvalue weighted by atomic mass is 35.5. The average Bonchev–Trinajstić information content (AvgIpc) is 3.06. The first-order valence-corrected chi connectivity index (χ1v) is 9.30. The molecule has 3 aromatic rings. The van der Waals surface area contributed by atoms with E-state index in [1.165, 1.54) is 11.3 Å². The van der Waals surface area contributed by atoms with Gasteiger partial charge in [0, 0.05) is 16.0 Å². The molecule has 0 aliphatic carbocycles. The van der Waals surface area contributed by atoms with Gasteiger partial charge in [0.2, 0.25) is 0 Å². The van der Waals surface area contributed by atoms with Crippen molar-refractivity contribution in [3.05, 3.63) is 58.9 Å². The van der Waals surface area contributed by atoms with Crippen LogP contribution in [0.5, 0.6) is 11.5 Å². The Morgan fingerprint density at radius 3 is 2.40 bits per heavy atom. The smallest absolute Gasteiger partial charge is 0.180 e. The fourth-order valence-electron chi connectivity index (χ4n) is 2.32. The van der Waals surface area contributed by atoms with Crippen LogP contribution >= 0.6 is 22.9 Å². The lowest BCUT2D eigenvalue weighted by molar-refractivity contribution is 0.267. The van der Waals surface area contributed by atoms with Crippen LogP contribution in [0.4, 0.5) is 5.13 Å². The summed E-state index contributed by atoms with van der Waals surface area (Å²) in [5.74, 6) is 1.66. The van der Waals surface area contributed by atoms with E-state index in [0.29, 0.717) is 23.4 Å². The Bertz CT molecular complexity index is 805. The van der Waals surface area contributed by atoms with E-state index in [1.54, 1.807) is 0 Å². The van der Waals surface area contributed by atoms with Crippen LogP contribution in [0.25, 0.3) is 11.3 Å². The van der Waals surface area contributed by atoms with E-state index in [2.05, 4.69) is 4.98 Å². The molecule has 0 bridgehead atoms. The van der Waals surface area contributed by atoms with Gasteiger partial charge < -0.3 is 15.2 Å². The number of anilines is 1. The van der Waals surface area contributed by atoms with Crippen molar-refractivity contribution in [3.8, 4) is 22.8 Å². The van der Waals surface area contributed by atoms with Crippen LogP contribution in [0.2, 0.25) is 5.02 Å². The van der Waals surface area contributed by atoms with Gasteiger partial charge in [0.05, 0.1) is 18.9 Å². The topological polar surface area (TPSA) is 57.4 Å². The summed E-state index contributed by atoms with van der Waals surface area (Å²) < 4.78 is 11.6. The fourth-order valence-corrected chi connectivity index (χ4v) is 3.01. The highest BCUT2D eigenvalue weighted by Gasteiger charge is 2.08. The standard InChI is InChI=1S/C19H19ClN2O2S/c20-14-7-9-15(10-8-14)23-11-3-4-12-24-18-6-2-1-5-16(18)17-13-25-19(21)22-17/h1-2,5-10,13H,3-4,11-12H2,(H2,21,22). The Morgan fingerprint density at radius 2 is 1.68 bits per heavy atom. The van der Waals surface area contributed by atoms with Crippen molar-refractivity contribution in [3.63, 3.8) is 0 Å². The molecule has 0 radical (unpaired) electrons. The van der Waals surface area contributed by atoms with Gasteiger partial charge in [-0.3, -0.25) is 0 Å². The van der Waals surface area contributed by atoms with Crippen LogP contribution < -0.4 is 15.2 Å². The van der Waals surface area contributed by atoms with Crippen molar-refractivity contribution in [2.75, 3.05) is 18.9 Å². The minimum Gasteiger partial charge on any atom is -0.494 e. The predicted molar refractivity (Wildman–Crippen MR) is 104 cm³/mol. The number of hydrogen-bond acceptors (Lipinski definition) is 5. The van der Waals surface area contributed by atoms with Crippen LogP contribution in [0, 0.1) is 0 Å². The second kappa shape index (κ2) is 8.74. The highest BCUT2D eigenvalue weighted by molar-refractivity contribution is 7.13. The molecule has 2 N–H and O–H groups in total. The number of aromatic nitrogens is 1. The summed E-state index contributed by atoms with van der Waals surface area (Å²) in [6.07, 6.45) is 1.82. The molecule has 0 aliphatic rings. The number of unbranched alkanes of at least 4 members (excludes halogenated alkanes) is 1. The lowest BCUT2D eigenvalue weighted by atomic mass is 10.1. The van der Waals surface area contributed by atoms with Gasteiger partial charge in [0.15, 0.2) is 5.13 Å². The van der Waals surface area contributed by atoms with Crippen molar-refractivity contribution in [2.45, 2.75) is 12.8 Å². The van der Waals surface area contributed by atoms with Crippen LogP contribution in [0.1, 0.15) is 12.8 Å². The first kappa shape index (κ1) is 17.6. The second-order valence-corrected chi connectivity index (χ2v) is 6.75. The second-order valence-electron chi connectivity index (χ2n) is 5.43. The molecule has 6 heteroatoms. The first-order chi connectivity index (χ1) is 12.2. The van der Waals surface area contributed by atoms with E-state index in [4.69, 9.17) is 26.8 Å². The maximum atomic E-state index is 5.92. The number of benzene rings is 2. The predicted octanol–water partition coefficient (Wildman–Crippen LogP) is 5.28. The largest absolute Gasteiger partial charge is 0.494 e. The van der Waals surface area contributed by atoms with Gasteiger partial charge in [0.1, 0.15) is 11.5 Å². The Balaban J connectivity index is 1.44. The SMILES string of the molecule is Nc1nc(-c2ccccc2OCCCCOc2ccc(Cl)cc2)cs1. The Kier molecular flexibility index (Phi) is 6.14. The molecule has 0 atom stereocenters. The summed E-state index contributed by atoms with van der Waals surface area (Å²) in [4.78, 5) is 4.33.